The van der Waals surface area contributed by atoms with Crippen molar-refractivity contribution in [3.63, 3.8) is 0 Å². The van der Waals surface area contributed by atoms with E-state index in [0.717, 1.165) is 29.7 Å². The van der Waals surface area contributed by atoms with E-state index in [4.69, 9.17) is 0 Å². The van der Waals surface area contributed by atoms with Crippen molar-refractivity contribution in [3.8, 4) is 0 Å². The minimum absolute atomic E-state index is 0.349. The summed E-state index contributed by atoms with van der Waals surface area (Å²) >= 11 is 0. The van der Waals surface area contributed by atoms with Crippen LogP contribution in [0.25, 0.3) is 0 Å². The fourth-order valence-corrected chi connectivity index (χ4v) is 7.79. The second-order valence-electron chi connectivity index (χ2n) is 9.49. The van der Waals surface area contributed by atoms with Crippen LogP contribution in [0, 0.1) is 23.7 Å². The minimum atomic E-state index is 0.349. The molecule has 0 atom stereocenters. The molecule has 4 aliphatic carbocycles. The molecule has 2 heteroatoms. The summed E-state index contributed by atoms with van der Waals surface area (Å²) in [5.74, 6) is 4.17. The van der Waals surface area contributed by atoms with Gasteiger partial charge in [0.15, 0.2) is 0 Å². The van der Waals surface area contributed by atoms with E-state index in [9.17, 15) is 0 Å². The quantitative estimate of drug-likeness (QED) is 0.843. The lowest BCUT2D eigenvalue weighted by atomic mass is 9.53. The van der Waals surface area contributed by atoms with E-state index in [-0.39, 0.29) is 0 Å². The van der Waals surface area contributed by atoms with Gasteiger partial charge in [-0.05, 0) is 92.8 Å². The van der Waals surface area contributed by atoms with Gasteiger partial charge in [0.2, 0.25) is 0 Å². The Kier molecular flexibility index (Phi) is 3.03. The van der Waals surface area contributed by atoms with Crippen molar-refractivity contribution < 1.29 is 0 Å². The molecular formula is C22H30N2. The van der Waals surface area contributed by atoms with Crippen LogP contribution in [0.2, 0.25) is 0 Å². The van der Waals surface area contributed by atoms with Gasteiger partial charge in [-0.15, -0.1) is 0 Å². The fraction of sp³-hybridized carbons (Fsp3) is 0.727. The molecule has 1 spiro atoms. The molecule has 128 valence electrons. The molecule has 1 aromatic rings. The summed E-state index contributed by atoms with van der Waals surface area (Å²) in [5, 5.41) is 3.63. The number of piperidine rings is 1. The number of rotatable bonds is 1. The van der Waals surface area contributed by atoms with Crippen molar-refractivity contribution in [2.24, 2.45) is 23.7 Å². The van der Waals surface area contributed by atoms with Crippen LogP contribution in [0.3, 0.4) is 0 Å². The molecule has 1 aromatic carbocycles. The third-order valence-corrected chi connectivity index (χ3v) is 8.38. The van der Waals surface area contributed by atoms with Gasteiger partial charge in [0.05, 0.1) is 0 Å². The Bertz CT molecular complexity index is 617. The SMILES string of the molecule is c1ccc2c(c1)CN(C1C3CC4CC(C3)CC1C4)C21CCNCC1. The Morgan fingerprint density at radius 2 is 1.54 bits per heavy atom. The van der Waals surface area contributed by atoms with E-state index < -0.39 is 0 Å². The zero-order valence-corrected chi connectivity index (χ0v) is 14.7. The highest BCUT2D eigenvalue weighted by Crippen LogP contribution is 2.59. The van der Waals surface area contributed by atoms with Gasteiger partial charge in [0.1, 0.15) is 0 Å². The molecular weight excluding hydrogens is 292 g/mol. The first-order valence-corrected chi connectivity index (χ1v) is 10.4. The van der Waals surface area contributed by atoms with Gasteiger partial charge in [-0.3, -0.25) is 4.90 Å². The van der Waals surface area contributed by atoms with Crippen molar-refractivity contribution in [2.45, 2.75) is 63.1 Å². The highest BCUT2D eigenvalue weighted by atomic mass is 15.3. The van der Waals surface area contributed by atoms with E-state index >= 15 is 0 Å². The summed E-state index contributed by atoms with van der Waals surface area (Å²) < 4.78 is 0. The zero-order chi connectivity index (χ0) is 15.7. The third kappa shape index (κ3) is 1.85. The second-order valence-corrected chi connectivity index (χ2v) is 9.49. The molecule has 4 bridgehead atoms. The number of fused-ring (bicyclic) bond motifs is 2. The van der Waals surface area contributed by atoms with Gasteiger partial charge in [0.25, 0.3) is 0 Å². The Morgan fingerprint density at radius 3 is 2.25 bits per heavy atom. The molecule has 2 aliphatic heterocycles. The Morgan fingerprint density at radius 1 is 0.875 bits per heavy atom. The van der Waals surface area contributed by atoms with Gasteiger partial charge in [-0.2, -0.15) is 0 Å². The first-order valence-electron chi connectivity index (χ1n) is 10.4. The topological polar surface area (TPSA) is 15.3 Å². The van der Waals surface area contributed by atoms with Crippen molar-refractivity contribution in [3.05, 3.63) is 35.4 Å². The second kappa shape index (κ2) is 5.08. The molecule has 0 unspecified atom stereocenters. The number of hydrogen-bond acceptors (Lipinski definition) is 2. The van der Waals surface area contributed by atoms with Gasteiger partial charge in [0, 0.05) is 18.1 Å². The lowest BCUT2D eigenvalue weighted by molar-refractivity contribution is -0.108. The molecule has 0 radical (unpaired) electrons. The molecule has 4 saturated carbocycles. The summed E-state index contributed by atoms with van der Waals surface area (Å²) in [6, 6.07) is 10.3. The van der Waals surface area contributed by atoms with E-state index in [0.29, 0.717) is 5.54 Å². The molecule has 6 aliphatic rings. The maximum Gasteiger partial charge on any atom is 0.0494 e. The summed E-state index contributed by atoms with van der Waals surface area (Å²) in [7, 11) is 0. The average molecular weight is 322 g/mol. The standard InChI is InChI=1S/C22H30N2/c1-2-4-20-17(3-1)14-24(22(20)5-7-23-8-6-22)21-18-10-15-9-16(12-18)13-19(21)11-15/h1-4,15-16,18-19,21,23H,5-14H2. The molecule has 0 amide bonds. The molecule has 2 heterocycles. The van der Waals surface area contributed by atoms with E-state index in [1.807, 2.05) is 0 Å². The normalized spacial score (nSPS) is 42.6. The Labute approximate surface area is 146 Å². The number of nitrogens with one attached hydrogen (secondary N) is 1. The largest absolute Gasteiger partial charge is 0.317 e. The summed E-state index contributed by atoms with van der Waals surface area (Å²) in [6.45, 7) is 3.61. The van der Waals surface area contributed by atoms with Crippen molar-refractivity contribution in [2.75, 3.05) is 13.1 Å². The molecule has 2 nitrogen and oxygen atoms in total. The zero-order valence-electron chi connectivity index (χ0n) is 14.7. The maximum atomic E-state index is 3.63. The van der Waals surface area contributed by atoms with Crippen LogP contribution in [0.4, 0.5) is 0 Å². The van der Waals surface area contributed by atoms with Crippen LogP contribution in [-0.4, -0.2) is 24.0 Å². The first kappa shape index (κ1) is 14.3. The minimum Gasteiger partial charge on any atom is -0.317 e. The number of hydrogen-bond donors (Lipinski definition) is 1. The van der Waals surface area contributed by atoms with Crippen molar-refractivity contribution in [1.82, 2.24) is 10.2 Å². The summed E-state index contributed by atoms with van der Waals surface area (Å²) in [4.78, 5) is 3.05. The van der Waals surface area contributed by atoms with Crippen LogP contribution < -0.4 is 5.32 Å². The smallest absolute Gasteiger partial charge is 0.0494 e. The molecule has 1 saturated heterocycles. The summed E-state index contributed by atoms with van der Waals surface area (Å²) in [6.07, 6.45) is 10.4. The highest BCUT2D eigenvalue weighted by Gasteiger charge is 2.56. The fourth-order valence-electron chi connectivity index (χ4n) is 7.79. The monoisotopic (exact) mass is 322 g/mol. The van der Waals surface area contributed by atoms with Gasteiger partial charge >= 0.3 is 0 Å². The third-order valence-electron chi connectivity index (χ3n) is 8.38. The average Bonchev–Trinajstić information content (AvgIpc) is 2.89. The van der Waals surface area contributed by atoms with Crippen molar-refractivity contribution in [1.29, 1.82) is 0 Å². The Balaban J connectivity index is 1.42. The lowest BCUT2D eigenvalue weighted by Gasteiger charge is -2.60. The number of benzene rings is 1. The van der Waals surface area contributed by atoms with E-state index in [1.54, 1.807) is 43.2 Å². The van der Waals surface area contributed by atoms with Crippen LogP contribution >= 0.6 is 0 Å². The van der Waals surface area contributed by atoms with Crippen LogP contribution in [0.1, 0.15) is 56.1 Å². The number of nitrogens with zero attached hydrogens (tertiary/aromatic N) is 1. The lowest BCUT2D eigenvalue weighted by Crippen LogP contribution is -2.61. The van der Waals surface area contributed by atoms with Gasteiger partial charge in [-0.25, -0.2) is 0 Å². The Hall–Kier alpha value is -0.860. The molecule has 7 rings (SSSR count). The highest BCUT2D eigenvalue weighted by molar-refractivity contribution is 5.39. The predicted octanol–water partition coefficient (Wildman–Crippen LogP) is 3.91. The molecule has 0 aromatic heterocycles. The van der Waals surface area contributed by atoms with Crippen LogP contribution in [0.5, 0.6) is 0 Å². The summed E-state index contributed by atoms with van der Waals surface area (Å²) in [5.41, 5.74) is 3.66. The maximum absolute atomic E-state index is 3.63. The van der Waals surface area contributed by atoms with Crippen LogP contribution in [-0.2, 0) is 12.1 Å². The van der Waals surface area contributed by atoms with E-state index in [1.165, 1.54) is 32.5 Å². The van der Waals surface area contributed by atoms with Crippen LogP contribution in [0.15, 0.2) is 24.3 Å². The van der Waals surface area contributed by atoms with Gasteiger partial charge < -0.3 is 5.32 Å². The molecule has 24 heavy (non-hydrogen) atoms. The molecule has 1 N–H and O–H groups in total. The van der Waals surface area contributed by atoms with Gasteiger partial charge in [-0.1, -0.05) is 24.3 Å². The van der Waals surface area contributed by atoms with Crippen molar-refractivity contribution >= 4 is 0 Å². The van der Waals surface area contributed by atoms with E-state index in [2.05, 4.69) is 34.5 Å². The predicted molar refractivity (Wildman–Crippen MR) is 96.6 cm³/mol. The molecule has 5 fully saturated rings. The first-order chi connectivity index (χ1) is 11.8.